The Labute approximate surface area is 125 Å². The highest BCUT2D eigenvalue weighted by molar-refractivity contribution is 5.97. The number of carbonyl (C=O) groups excluding carboxylic acids is 2. The van der Waals surface area contributed by atoms with E-state index >= 15 is 0 Å². The standard InChI is InChI=1S/C13H13N5O4/c1-21-10(19)7-3-6(4-8(5-7)11(20)22-2)9-16-12(14)18-13(15)17-9/h3-5H,1-2H3,(H4,14,15,16,17,18). The van der Waals surface area contributed by atoms with Crippen LogP contribution in [0.3, 0.4) is 0 Å². The molecule has 0 fully saturated rings. The Kier molecular flexibility index (Phi) is 4.16. The number of nitrogen functional groups attached to an aromatic ring is 2. The molecule has 0 saturated carbocycles. The molecular formula is C13H13N5O4. The van der Waals surface area contributed by atoms with Gasteiger partial charge >= 0.3 is 11.9 Å². The molecule has 0 unspecified atom stereocenters. The van der Waals surface area contributed by atoms with Gasteiger partial charge in [0.25, 0.3) is 0 Å². The summed E-state index contributed by atoms with van der Waals surface area (Å²) in [5.74, 6) is -1.28. The lowest BCUT2D eigenvalue weighted by atomic mass is 10.0. The first kappa shape index (κ1) is 15.2. The SMILES string of the molecule is COC(=O)c1cc(C(=O)OC)cc(-c2nc(N)nc(N)n2)c1. The normalized spacial score (nSPS) is 10.1. The molecule has 0 aliphatic rings. The number of esters is 2. The van der Waals surface area contributed by atoms with Crippen molar-refractivity contribution in [1.29, 1.82) is 0 Å². The largest absolute Gasteiger partial charge is 0.465 e. The summed E-state index contributed by atoms with van der Waals surface area (Å²) in [6.07, 6.45) is 0. The monoisotopic (exact) mass is 303 g/mol. The van der Waals surface area contributed by atoms with Crippen LogP contribution in [0.1, 0.15) is 20.7 Å². The van der Waals surface area contributed by atoms with E-state index in [0.717, 1.165) is 0 Å². The molecule has 0 spiro atoms. The molecule has 1 heterocycles. The highest BCUT2D eigenvalue weighted by atomic mass is 16.5. The Hall–Kier alpha value is -3.23. The van der Waals surface area contributed by atoms with Gasteiger partial charge in [-0.3, -0.25) is 0 Å². The van der Waals surface area contributed by atoms with E-state index < -0.39 is 11.9 Å². The first-order valence-electron chi connectivity index (χ1n) is 6.03. The maximum absolute atomic E-state index is 11.7. The molecule has 0 saturated heterocycles. The van der Waals surface area contributed by atoms with Crippen molar-refractivity contribution in [3.63, 3.8) is 0 Å². The number of hydrogen-bond acceptors (Lipinski definition) is 9. The van der Waals surface area contributed by atoms with Gasteiger partial charge in [0.1, 0.15) is 0 Å². The Morgan fingerprint density at radius 3 is 1.73 bits per heavy atom. The van der Waals surface area contributed by atoms with E-state index in [1.807, 2.05) is 0 Å². The first-order valence-corrected chi connectivity index (χ1v) is 6.03. The van der Waals surface area contributed by atoms with Crippen LogP contribution in [0.25, 0.3) is 11.4 Å². The summed E-state index contributed by atoms with van der Waals surface area (Å²) in [5.41, 5.74) is 11.7. The summed E-state index contributed by atoms with van der Waals surface area (Å²) in [6, 6.07) is 4.24. The Balaban J connectivity index is 2.63. The summed E-state index contributed by atoms with van der Waals surface area (Å²) in [7, 11) is 2.46. The zero-order valence-corrected chi connectivity index (χ0v) is 11.9. The lowest BCUT2D eigenvalue weighted by Crippen LogP contribution is -2.09. The van der Waals surface area contributed by atoms with E-state index in [1.165, 1.54) is 32.4 Å². The fraction of sp³-hybridized carbons (Fsp3) is 0.154. The number of nitrogens with zero attached hydrogens (tertiary/aromatic N) is 3. The molecule has 22 heavy (non-hydrogen) atoms. The zero-order chi connectivity index (χ0) is 16.3. The first-order chi connectivity index (χ1) is 10.4. The average Bonchev–Trinajstić information content (AvgIpc) is 2.51. The second kappa shape index (κ2) is 6.04. The van der Waals surface area contributed by atoms with Crippen LogP contribution in [-0.2, 0) is 9.47 Å². The van der Waals surface area contributed by atoms with Gasteiger partial charge in [-0.15, -0.1) is 0 Å². The number of methoxy groups -OCH3 is 2. The van der Waals surface area contributed by atoms with Crippen molar-refractivity contribution in [2.24, 2.45) is 0 Å². The van der Waals surface area contributed by atoms with Crippen LogP contribution in [0.5, 0.6) is 0 Å². The molecule has 2 aromatic rings. The third-order valence-electron chi connectivity index (χ3n) is 2.70. The minimum absolute atomic E-state index is 0.0782. The number of aromatic nitrogens is 3. The fourth-order valence-electron chi connectivity index (χ4n) is 1.77. The van der Waals surface area contributed by atoms with E-state index in [1.54, 1.807) is 0 Å². The number of anilines is 2. The fourth-order valence-corrected chi connectivity index (χ4v) is 1.77. The molecule has 0 atom stereocenters. The van der Waals surface area contributed by atoms with Crippen LogP contribution in [0, 0.1) is 0 Å². The molecule has 1 aromatic carbocycles. The van der Waals surface area contributed by atoms with Crippen LogP contribution < -0.4 is 11.5 Å². The van der Waals surface area contributed by atoms with E-state index in [0.29, 0.717) is 5.56 Å². The topological polar surface area (TPSA) is 143 Å². The molecule has 0 amide bonds. The van der Waals surface area contributed by atoms with Gasteiger partial charge < -0.3 is 20.9 Å². The van der Waals surface area contributed by atoms with Gasteiger partial charge in [0.05, 0.1) is 25.3 Å². The summed E-state index contributed by atoms with van der Waals surface area (Å²) in [6.45, 7) is 0. The second-order valence-corrected chi connectivity index (χ2v) is 4.16. The molecule has 9 nitrogen and oxygen atoms in total. The van der Waals surface area contributed by atoms with Crippen LogP contribution in [0.15, 0.2) is 18.2 Å². The highest BCUT2D eigenvalue weighted by Crippen LogP contribution is 2.21. The molecule has 114 valence electrons. The van der Waals surface area contributed by atoms with E-state index in [2.05, 4.69) is 24.4 Å². The predicted octanol–water partition coefficient (Wildman–Crippen LogP) is 0.276. The Morgan fingerprint density at radius 2 is 1.32 bits per heavy atom. The number of nitrogens with two attached hydrogens (primary N) is 2. The van der Waals surface area contributed by atoms with Crippen molar-refractivity contribution in [3.05, 3.63) is 29.3 Å². The summed E-state index contributed by atoms with van der Waals surface area (Å²) in [5, 5.41) is 0. The second-order valence-electron chi connectivity index (χ2n) is 4.16. The lowest BCUT2D eigenvalue weighted by Gasteiger charge is -2.07. The number of rotatable bonds is 3. The summed E-state index contributed by atoms with van der Waals surface area (Å²) >= 11 is 0. The van der Waals surface area contributed by atoms with Crippen molar-refractivity contribution >= 4 is 23.8 Å². The number of hydrogen-bond donors (Lipinski definition) is 2. The molecule has 2 rings (SSSR count). The molecule has 0 aliphatic carbocycles. The van der Waals surface area contributed by atoms with E-state index in [-0.39, 0.29) is 28.8 Å². The van der Waals surface area contributed by atoms with Crippen LogP contribution in [-0.4, -0.2) is 41.1 Å². The third kappa shape index (κ3) is 3.08. The number of ether oxygens (including phenoxy) is 2. The third-order valence-corrected chi connectivity index (χ3v) is 2.70. The Bertz CT molecular complexity index is 693. The van der Waals surface area contributed by atoms with Crippen molar-refractivity contribution < 1.29 is 19.1 Å². The van der Waals surface area contributed by atoms with Crippen molar-refractivity contribution in [1.82, 2.24) is 15.0 Å². The predicted molar refractivity (Wildman–Crippen MR) is 76.8 cm³/mol. The molecule has 4 N–H and O–H groups in total. The molecular weight excluding hydrogens is 290 g/mol. The van der Waals surface area contributed by atoms with Crippen molar-refractivity contribution in [2.75, 3.05) is 25.7 Å². The smallest absolute Gasteiger partial charge is 0.337 e. The molecule has 0 bridgehead atoms. The minimum atomic E-state index is -0.623. The maximum atomic E-state index is 11.7. The quantitative estimate of drug-likeness (QED) is 0.763. The number of benzene rings is 1. The maximum Gasteiger partial charge on any atom is 0.337 e. The van der Waals surface area contributed by atoms with Gasteiger partial charge in [-0.1, -0.05) is 0 Å². The van der Waals surface area contributed by atoms with Gasteiger partial charge in [-0.2, -0.15) is 15.0 Å². The van der Waals surface area contributed by atoms with Gasteiger partial charge in [-0.05, 0) is 18.2 Å². The molecule has 0 aliphatic heterocycles. The lowest BCUT2D eigenvalue weighted by molar-refractivity contribution is 0.0599. The number of carbonyl (C=O) groups is 2. The van der Waals surface area contributed by atoms with Crippen molar-refractivity contribution in [2.45, 2.75) is 0 Å². The highest BCUT2D eigenvalue weighted by Gasteiger charge is 2.16. The molecule has 1 aromatic heterocycles. The van der Waals surface area contributed by atoms with Gasteiger partial charge in [-0.25, -0.2) is 9.59 Å². The Morgan fingerprint density at radius 1 is 0.864 bits per heavy atom. The average molecular weight is 303 g/mol. The summed E-state index contributed by atoms with van der Waals surface area (Å²) < 4.78 is 9.30. The van der Waals surface area contributed by atoms with Gasteiger partial charge in [0.2, 0.25) is 11.9 Å². The van der Waals surface area contributed by atoms with Crippen LogP contribution in [0.4, 0.5) is 11.9 Å². The van der Waals surface area contributed by atoms with Gasteiger partial charge in [0.15, 0.2) is 5.82 Å². The van der Waals surface area contributed by atoms with E-state index in [4.69, 9.17) is 11.5 Å². The van der Waals surface area contributed by atoms with Crippen LogP contribution >= 0.6 is 0 Å². The molecule has 0 radical (unpaired) electrons. The minimum Gasteiger partial charge on any atom is -0.465 e. The van der Waals surface area contributed by atoms with Crippen molar-refractivity contribution in [3.8, 4) is 11.4 Å². The zero-order valence-electron chi connectivity index (χ0n) is 11.9. The van der Waals surface area contributed by atoms with Gasteiger partial charge in [0, 0.05) is 5.56 Å². The summed E-state index contributed by atoms with van der Waals surface area (Å²) in [4.78, 5) is 34.9. The molecule has 9 heteroatoms. The van der Waals surface area contributed by atoms with Crippen LogP contribution in [0.2, 0.25) is 0 Å². The van der Waals surface area contributed by atoms with E-state index in [9.17, 15) is 9.59 Å².